The molecule has 0 bridgehead atoms. The van der Waals surface area contributed by atoms with Crippen LogP contribution in [0.1, 0.15) is 39.0 Å². The van der Waals surface area contributed by atoms with Crippen molar-refractivity contribution >= 4 is 11.4 Å². The maximum absolute atomic E-state index is 4.57. The van der Waals surface area contributed by atoms with Gasteiger partial charge in [-0.1, -0.05) is 32.9 Å². The van der Waals surface area contributed by atoms with Crippen LogP contribution in [0.25, 0.3) is 0 Å². The summed E-state index contributed by atoms with van der Waals surface area (Å²) in [6, 6.07) is 8.34. The summed E-state index contributed by atoms with van der Waals surface area (Å²) in [5.74, 6) is 0. The molecule has 0 aliphatic heterocycles. The van der Waals surface area contributed by atoms with Crippen molar-refractivity contribution < 1.29 is 0 Å². The normalized spacial score (nSPS) is 12.5. The first-order chi connectivity index (χ1) is 8.97. The summed E-state index contributed by atoms with van der Waals surface area (Å²) in [5, 5.41) is 0. The van der Waals surface area contributed by atoms with E-state index in [1.807, 2.05) is 19.1 Å². The SMILES string of the molecule is C/C(=N/c1ccc(C(C)(C)C)cc1)c1cnccn1. The molecule has 2 aromatic rings. The highest BCUT2D eigenvalue weighted by molar-refractivity contribution is 5.98. The number of aliphatic imine (C=N–C) groups is 1. The van der Waals surface area contributed by atoms with E-state index < -0.39 is 0 Å². The molecule has 19 heavy (non-hydrogen) atoms. The molecule has 3 nitrogen and oxygen atoms in total. The Kier molecular flexibility index (Phi) is 3.74. The molecule has 1 heterocycles. The molecule has 1 aromatic carbocycles. The lowest BCUT2D eigenvalue weighted by Gasteiger charge is -2.18. The minimum Gasteiger partial charge on any atom is -0.261 e. The van der Waals surface area contributed by atoms with Gasteiger partial charge in [0.05, 0.1) is 17.6 Å². The highest BCUT2D eigenvalue weighted by Crippen LogP contribution is 2.24. The largest absolute Gasteiger partial charge is 0.261 e. The topological polar surface area (TPSA) is 38.1 Å². The number of benzene rings is 1. The van der Waals surface area contributed by atoms with Crippen LogP contribution in [0, 0.1) is 0 Å². The highest BCUT2D eigenvalue weighted by Gasteiger charge is 2.12. The van der Waals surface area contributed by atoms with Crippen molar-refractivity contribution in [2.45, 2.75) is 33.1 Å². The molecule has 0 aliphatic carbocycles. The first kappa shape index (κ1) is 13.4. The number of hydrogen-bond acceptors (Lipinski definition) is 3. The summed E-state index contributed by atoms with van der Waals surface area (Å²) in [5.41, 5.74) is 4.10. The van der Waals surface area contributed by atoms with Crippen LogP contribution in [0.2, 0.25) is 0 Å². The molecule has 0 radical (unpaired) electrons. The zero-order valence-corrected chi connectivity index (χ0v) is 11.9. The van der Waals surface area contributed by atoms with Gasteiger partial charge >= 0.3 is 0 Å². The van der Waals surface area contributed by atoms with Gasteiger partial charge in [-0.15, -0.1) is 0 Å². The molecule has 0 saturated carbocycles. The lowest BCUT2D eigenvalue weighted by atomic mass is 9.87. The van der Waals surface area contributed by atoms with Gasteiger partial charge in [-0.25, -0.2) is 0 Å². The van der Waals surface area contributed by atoms with Crippen LogP contribution in [0.5, 0.6) is 0 Å². The molecule has 0 N–H and O–H groups in total. The van der Waals surface area contributed by atoms with Gasteiger partial charge in [0.2, 0.25) is 0 Å². The Morgan fingerprint density at radius 3 is 2.26 bits per heavy atom. The predicted molar refractivity (Wildman–Crippen MR) is 79.0 cm³/mol. The maximum Gasteiger partial charge on any atom is 0.102 e. The van der Waals surface area contributed by atoms with Gasteiger partial charge in [-0.2, -0.15) is 0 Å². The van der Waals surface area contributed by atoms with Crippen molar-refractivity contribution in [2.75, 3.05) is 0 Å². The second kappa shape index (κ2) is 5.31. The summed E-state index contributed by atoms with van der Waals surface area (Å²) in [4.78, 5) is 12.9. The van der Waals surface area contributed by atoms with E-state index in [2.05, 4.69) is 47.9 Å². The third-order valence-corrected chi connectivity index (χ3v) is 2.96. The van der Waals surface area contributed by atoms with Crippen LogP contribution in [-0.2, 0) is 5.41 Å². The molecule has 0 aliphatic rings. The molecule has 0 unspecified atom stereocenters. The zero-order chi connectivity index (χ0) is 13.9. The summed E-state index contributed by atoms with van der Waals surface area (Å²) in [7, 11) is 0. The Morgan fingerprint density at radius 1 is 1.05 bits per heavy atom. The van der Waals surface area contributed by atoms with E-state index in [1.165, 1.54) is 5.56 Å². The van der Waals surface area contributed by atoms with Crippen molar-refractivity contribution in [3.8, 4) is 0 Å². The predicted octanol–water partition coefficient (Wildman–Crippen LogP) is 3.91. The maximum atomic E-state index is 4.57. The van der Waals surface area contributed by atoms with E-state index in [0.29, 0.717) is 0 Å². The molecule has 98 valence electrons. The van der Waals surface area contributed by atoms with Crippen LogP contribution < -0.4 is 0 Å². The fourth-order valence-corrected chi connectivity index (χ4v) is 1.77. The van der Waals surface area contributed by atoms with Crippen molar-refractivity contribution in [1.29, 1.82) is 0 Å². The molecule has 2 rings (SSSR count). The van der Waals surface area contributed by atoms with E-state index in [-0.39, 0.29) is 5.41 Å². The van der Waals surface area contributed by atoms with Crippen molar-refractivity contribution in [3.05, 3.63) is 54.1 Å². The summed E-state index contributed by atoms with van der Waals surface area (Å²) < 4.78 is 0. The van der Waals surface area contributed by atoms with E-state index >= 15 is 0 Å². The number of rotatable bonds is 2. The molecule has 0 atom stereocenters. The van der Waals surface area contributed by atoms with Gasteiger partial charge in [0, 0.05) is 12.4 Å². The van der Waals surface area contributed by atoms with Crippen molar-refractivity contribution in [2.24, 2.45) is 4.99 Å². The Hall–Kier alpha value is -2.03. The van der Waals surface area contributed by atoms with E-state index in [1.54, 1.807) is 18.6 Å². The lowest BCUT2D eigenvalue weighted by molar-refractivity contribution is 0.590. The van der Waals surface area contributed by atoms with Crippen LogP contribution in [0.15, 0.2) is 47.8 Å². The molecular formula is C16H19N3. The first-order valence-corrected chi connectivity index (χ1v) is 6.39. The van der Waals surface area contributed by atoms with Gasteiger partial charge in [-0.05, 0) is 30.0 Å². The zero-order valence-electron chi connectivity index (χ0n) is 11.9. The number of aromatic nitrogens is 2. The second-order valence-corrected chi connectivity index (χ2v) is 5.58. The van der Waals surface area contributed by atoms with Gasteiger partial charge in [-0.3, -0.25) is 15.0 Å². The quantitative estimate of drug-likeness (QED) is 0.761. The van der Waals surface area contributed by atoms with Crippen molar-refractivity contribution in [3.63, 3.8) is 0 Å². The van der Waals surface area contributed by atoms with Crippen LogP contribution >= 0.6 is 0 Å². The molecule has 0 fully saturated rings. The molecular weight excluding hydrogens is 234 g/mol. The molecule has 0 spiro atoms. The fraction of sp³-hybridized carbons (Fsp3) is 0.312. The Balaban J connectivity index is 2.24. The van der Waals surface area contributed by atoms with E-state index in [4.69, 9.17) is 0 Å². The average Bonchev–Trinajstić information content (AvgIpc) is 2.39. The van der Waals surface area contributed by atoms with Gasteiger partial charge in [0.1, 0.15) is 5.69 Å². The third kappa shape index (κ3) is 3.47. The number of hydrogen-bond donors (Lipinski definition) is 0. The smallest absolute Gasteiger partial charge is 0.102 e. The summed E-state index contributed by atoms with van der Waals surface area (Å²) >= 11 is 0. The van der Waals surface area contributed by atoms with Gasteiger partial charge in [0.15, 0.2) is 0 Å². The summed E-state index contributed by atoms with van der Waals surface area (Å²) in [6.07, 6.45) is 5.06. The molecule has 1 aromatic heterocycles. The Morgan fingerprint density at radius 2 is 1.74 bits per heavy atom. The number of nitrogens with zero attached hydrogens (tertiary/aromatic N) is 3. The molecule has 3 heteroatoms. The summed E-state index contributed by atoms with van der Waals surface area (Å²) in [6.45, 7) is 8.56. The van der Waals surface area contributed by atoms with Crippen LogP contribution in [-0.4, -0.2) is 15.7 Å². The Bertz CT molecular complexity index is 563. The minimum absolute atomic E-state index is 0.169. The van der Waals surface area contributed by atoms with Crippen LogP contribution in [0.3, 0.4) is 0 Å². The minimum atomic E-state index is 0.169. The van der Waals surface area contributed by atoms with E-state index in [0.717, 1.165) is 17.1 Å². The van der Waals surface area contributed by atoms with Crippen LogP contribution in [0.4, 0.5) is 5.69 Å². The lowest BCUT2D eigenvalue weighted by Crippen LogP contribution is -2.10. The van der Waals surface area contributed by atoms with E-state index in [9.17, 15) is 0 Å². The highest BCUT2D eigenvalue weighted by atomic mass is 14.8. The monoisotopic (exact) mass is 253 g/mol. The average molecular weight is 253 g/mol. The molecule has 0 saturated heterocycles. The van der Waals surface area contributed by atoms with Gasteiger partial charge < -0.3 is 0 Å². The van der Waals surface area contributed by atoms with Gasteiger partial charge in [0.25, 0.3) is 0 Å². The first-order valence-electron chi connectivity index (χ1n) is 6.39. The fourth-order valence-electron chi connectivity index (χ4n) is 1.77. The second-order valence-electron chi connectivity index (χ2n) is 5.58. The Labute approximate surface area is 114 Å². The van der Waals surface area contributed by atoms with Crippen molar-refractivity contribution in [1.82, 2.24) is 9.97 Å². The molecule has 0 amide bonds. The third-order valence-electron chi connectivity index (χ3n) is 2.96. The standard InChI is InChI=1S/C16H19N3/c1-12(15-11-17-9-10-18-15)19-14-7-5-13(6-8-14)16(2,3)4/h5-11H,1-4H3/b19-12-.